The monoisotopic (exact) mass is 342 g/mol. The normalized spacial score (nSPS) is 10.2. The zero-order valence-electron chi connectivity index (χ0n) is 13.8. The third-order valence-electron chi connectivity index (χ3n) is 3.46. The number of hydrogen-bond donors (Lipinski definition) is 3. The van der Waals surface area contributed by atoms with Crippen LogP contribution >= 0.6 is 0 Å². The summed E-state index contributed by atoms with van der Waals surface area (Å²) in [7, 11) is 0. The lowest BCUT2D eigenvalue weighted by molar-refractivity contribution is 0.0695. The molecular formula is C18H18N2O5. The van der Waals surface area contributed by atoms with Crippen LogP contribution in [0.5, 0.6) is 11.5 Å². The second kappa shape index (κ2) is 7.48. The van der Waals surface area contributed by atoms with Crippen LogP contribution < -0.4 is 5.43 Å². The van der Waals surface area contributed by atoms with Crippen molar-refractivity contribution >= 4 is 17.0 Å². The number of pyridine rings is 2. The minimum Gasteiger partial charge on any atom is -0.508 e. The Morgan fingerprint density at radius 1 is 1.16 bits per heavy atom. The quantitative estimate of drug-likeness (QED) is 0.659. The van der Waals surface area contributed by atoms with Crippen molar-refractivity contribution in [2.24, 2.45) is 0 Å². The molecule has 0 atom stereocenters. The van der Waals surface area contributed by atoms with Crippen molar-refractivity contribution in [1.29, 1.82) is 0 Å². The number of aromatic carboxylic acids is 1. The number of phenols is 2. The van der Waals surface area contributed by atoms with Gasteiger partial charge < -0.3 is 19.9 Å². The lowest BCUT2D eigenvalue weighted by atomic mass is 10.2. The van der Waals surface area contributed by atoms with Gasteiger partial charge in [0.1, 0.15) is 22.7 Å². The van der Waals surface area contributed by atoms with E-state index in [-0.39, 0.29) is 17.1 Å². The maximum atomic E-state index is 11.9. The summed E-state index contributed by atoms with van der Waals surface area (Å²) >= 11 is 0. The van der Waals surface area contributed by atoms with Crippen LogP contribution in [0.15, 0.2) is 47.4 Å². The lowest BCUT2D eigenvalue weighted by Crippen LogP contribution is -2.19. The number of carbonyl (C=O) groups is 1. The average molecular weight is 342 g/mol. The molecule has 2 aromatic heterocycles. The average Bonchev–Trinajstić information content (AvgIpc) is 2.55. The van der Waals surface area contributed by atoms with Gasteiger partial charge in [0.15, 0.2) is 0 Å². The molecule has 0 spiro atoms. The maximum absolute atomic E-state index is 11.9. The van der Waals surface area contributed by atoms with Crippen LogP contribution in [-0.4, -0.2) is 30.8 Å². The molecule has 0 saturated carbocycles. The third kappa shape index (κ3) is 4.14. The lowest BCUT2D eigenvalue weighted by Gasteiger charge is -2.09. The van der Waals surface area contributed by atoms with Crippen LogP contribution in [0.4, 0.5) is 0 Å². The summed E-state index contributed by atoms with van der Waals surface area (Å²) in [5, 5.41) is 26.6. The van der Waals surface area contributed by atoms with Crippen LogP contribution in [-0.2, 0) is 6.54 Å². The second-order valence-electron chi connectivity index (χ2n) is 5.31. The van der Waals surface area contributed by atoms with Crippen molar-refractivity contribution in [1.82, 2.24) is 9.55 Å². The SMILES string of the molecule is CCn1cc(C(=O)O)c(=O)c2ccc(C)nc21.Oc1cccc(O)c1. The zero-order valence-corrected chi connectivity index (χ0v) is 13.8. The summed E-state index contributed by atoms with van der Waals surface area (Å²) in [5.74, 6) is -1.03. The Balaban J connectivity index is 0.000000236. The van der Waals surface area contributed by atoms with Gasteiger partial charge in [0.25, 0.3) is 0 Å². The van der Waals surface area contributed by atoms with Crippen molar-refractivity contribution in [2.45, 2.75) is 20.4 Å². The summed E-state index contributed by atoms with van der Waals surface area (Å²) in [6.45, 7) is 4.27. The van der Waals surface area contributed by atoms with Crippen LogP contribution in [0.1, 0.15) is 23.0 Å². The first kappa shape index (κ1) is 18.0. The van der Waals surface area contributed by atoms with Crippen molar-refractivity contribution in [3.63, 3.8) is 0 Å². The molecule has 0 amide bonds. The van der Waals surface area contributed by atoms with Gasteiger partial charge in [-0.2, -0.15) is 0 Å². The first-order valence-corrected chi connectivity index (χ1v) is 7.55. The van der Waals surface area contributed by atoms with E-state index in [0.29, 0.717) is 17.6 Å². The molecule has 0 bridgehead atoms. The summed E-state index contributed by atoms with van der Waals surface area (Å²) in [5.41, 5.74) is 0.624. The van der Waals surface area contributed by atoms with Gasteiger partial charge in [-0.3, -0.25) is 4.79 Å². The molecule has 3 N–H and O–H groups in total. The van der Waals surface area contributed by atoms with E-state index in [0.717, 1.165) is 5.69 Å². The Labute approximate surface area is 143 Å². The van der Waals surface area contributed by atoms with E-state index in [1.54, 1.807) is 22.8 Å². The van der Waals surface area contributed by atoms with E-state index >= 15 is 0 Å². The molecule has 7 nitrogen and oxygen atoms in total. The molecule has 25 heavy (non-hydrogen) atoms. The third-order valence-corrected chi connectivity index (χ3v) is 3.46. The van der Waals surface area contributed by atoms with Gasteiger partial charge >= 0.3 is 5.97 Å². The van der Waals surface area contributed by atoms with Gasteiger partial charge in [-0.05, 0) is 38.1 Å². The highest BCUT2D eigenvalue weighted by atomic mass is 16.4. The smallest absolute Gasteiger partial charge is 0.341 e. The minimum absolute atomic E-state index is 0.0880. The van der Waals surface area contributed by atoms with Gasteiger partial charge in [-0.25, -0.2) is 9.78 Å². The van der Waals surface area contributed by atoms with Crippen molar-refractivity contribution in [3.05, 3.63) is 64.1 Å². The van der Waals surface area contributed by atoms with Crippen LogP contribution in [0.2, 0.25) is 0 Å². The molecule has 0 saturated heterocycles. The van der Waals surface area contributed by atoms with Crippen molar-refractivity contribution in [3.8, 4) is 11.5 Å². The molecule has 2 heterocycles. The number of carboxylic acid groups (broad SMARTS) is 1. The molecule has 0 aliphatic carbocycles. The van der Waals surface area contributed by atoms with E-state index in [1.807, 2.05) is 13.8 Å². The number of carboxylic acids is 1. The molecule has 0 fully saturated rings. The molecule has 3 aromatic rings. The van der Waals surface area contributed by atoms with E-state index in [2.05, 4.69) is 4.98 Å². The fourth-order valence-electron chi connectivity index (χ4n) is 2.25. The number of fused-ring (bicyclic) bond motifs is 1. The number of aromatic hydroxyl groups is 2. The highest BCUT2D eigenvalue weighted by molar-refractivity contribution is 5.91. The fourth-order valence-corrected chi connectivity index (χ4v) is 2.25. The predicted molar refractivity (Wildman–Crippen MR) is 93.1 cm³/mol. The predicted octanol–water partition coefficient (Wildman–Crippen LogP) is 2.52. The summed E-state index contributed by atoms with van der Waals surface area (Å²) < 4.78 is 1.67. The molecule has 3 rings (SSSR count). The maximum Gasteiger partial charge on any atom is 0.341 e. The molecule has 0 radical (unpaired) electrons. The standard InChI is InChI=1S/C12H12N2O3.C6H6O2/c1-3-14-6-9(12(16)17)10(15)8-5-4-7(2)13-11(8)14;7-5-2-1-3-6(8)4-5/h4-6H,3H2,1-2H3,(H,16,17);1-4,7-8H. The van der Waals surface area contributed by atoms with E-state index in [4.69, 9.17) is 15.3 Å². The number of rotatable bonds is 2. The van der Waals surface area contributed by atoms with E-state index < -0.39 is 11.4 Å². The van der Waals surface area contributed by atoms with Gasteiger partial charge in [0.2, 0.25) is 5.43 Å². The van der Waals surface area contributed by atoms with Crippen molar-refractivity contribution in [2.75, 3.05) is 0 Å². The molecule has 0 unspecified atom stereocenters. The highest BCUT2D eigenvalue weighted by Gasteiger charge is 2.14. The topological polar surface area (TPSA) is 113 Å². The highest BCUT2D eigenvalue weighted by Crippen LogP contribution is 2.15. The van der Waals surface area contributed by atoms with Gasteiger partial charge in [-0.1, -0.05) is 6.07 Å². The molecular weight excluding hydrogens is 324 g/mol. The molecule has 0 aliphatic rings. The first-order chi connectivity index (χ1) is 11.8. The number of phenolic OH excluding ortho intramolecular Hbond substituents is 2. The Kier molecular flexibility index (Phi) is 5.38. The number of nitrogens with zero attached hydrogens (tertiary/aromatic N) is 2. The van der Waals surface area contributed by atoms with E-state index in [1.165, 1.54) is 24.4 Å². The van der Waals surface area contributed by atoms with Gasteiger partial charge in [-0.15, -0.1) is 0 Å². The Hall–Kier alpha value is -3.35. The van der Waals surface area contributed by atoms with Crippen LogP contribution in [0.3, 0.4) is 0 Å². The molecule has 130 valence electrons. The summed E-state index contributed by atoms with van der Waals surface area (Å²) in [6, 6.07) is 9.18. The summed E-state index contributed by atoms with van der Waals surface area (Å²) in [4.78, 5) is 27.2. The van der Waals surface area contributed by atoms with Crippen LogP contribution in [0, 0.1) is 6.92 Å². The largest absolute Gasteiger partial charge is 0.508 e. The number of aromatic nitrogens is 2. The van der Waals surface area contributed by atoms with Crippen molar-refractivity contribution < 1.29 is 20.1 Å². The van der Waals surface area contributed by atoms with Crippen LogP contribution in [0.25, 0.3) is 11.0 Å². The zero-order chi connectivity index (χ0) is 18.6. The number of aryl methyl sites for hydroxylation is 2. The Morgan fingerprint density at radius 3 is 2.28 bits per heavy atom. The summed E-state index contributed by atoms with van der Waals surface area (Å²) in [6.07, 6.45) is 1.35. The minimum atomic E-state index is -1.21. The molecule has 0 aliphatic heterocycles. The number of hydrogen-bond acceptors (Lipinski definition) is 5. The second-order valence-corrected chi connectivity index (χ2v) is 5.31. The first-order valence-electron chi connectivity index (χ1n) is 7.55. The molecule has 1 aromatic carbocycles. The molecule has 7 heteroatoms. The Bertz CT molecular complexity index is 962. The fraction of sp³-hybridized carbons (Fsp3) is 0.167. The van der Waals surface area contributed by atoms with Gasteiger partial charge in [0, 0.05) is 24.5 Å². The number of benzene rings is 1. The Morgan fingerprint density at radius 2 is 1.80 bits per heavy atom. The van der Waals surface area contributed by atoms with E-state index in [9.17, 15) is 9.59 Å². The van der Waals surface area contributed by atoms with Gasteiger partial charge in [0.05, 0.1) is 5.39 Å².